The summed E-state index contributed by atoms with van der Waals surface area (Å²) in [4.78, 5) is 2.40. The van der Waals surface area contributed by atoms with Gasteiger partial charge in [-0.05, 0) is 88.1 Å². The fraction of sp³-hybridized carbons (Fsp3) is 0.938. The molecule has 5 aliphatic rings. The molecule has 0 spiro atoms. The first kappa shape index (κ1) is 11.3. The second-order valence-corrected chi connectivity index (χ2v) is 7.52. The van der Waals surface area contributed by atoms with Crippen LogP contribution >= 0.6 is 0 Å². The van der Waals surface area contributed by atoms with E-state index < -0.39 is 0 Å². The van der Waals surface area contributed by atoms with Crippen LogP contribution < -0.4 is 0 Å². The zero-order valence-electron chi connectivity index (χ0n) is 11.4. The molecule has 0 aromatic rings. The predicted octanol–water partition coefficient (Wildman–Crippen LogP) is 3.05. The van der Waals surface area contributed by atoms with Crippen LogP contribution in [0.5, 0.6) is 0 Å². The second-order valence-electron chi connectivity index (χ2n) is 7.52. The highest BCUT2D eigenvalue weighted by molar-refractivity contribution is 5.19. The quantitative estimate of drug-likeness (QED) is 0.709. The van der Waals surface area contributed by atoms with Crippen molar-refractivity contribution in [1.82, 2.24) is 4.90 Å². The van der Waals surface area contributed by atoms with Gasteiger partial charge in [-0.25, -0.2) is 0 Å². The van der Waals surface area contributed by atoms with Gasteiger partial charge in [-0.2, -0.15) is 5.26 Å². The smallest absolute Gasteiger partial charge is 0.112 e. The van der Waals surface area contributed by atoms with Crippen LogP contribution in [0.3, 0.4) is 0 Å². The summed E-state index contributed by atoms with van der Waals surface area (Å²) in [6, 6.07) is 2.78. The molecule has 2 heteroatoms. The average Bonchev–Trinajstić information content (AvgIpc) is 2.70. The molecule has 0 amide bonds. The Bertz CT molecular complexity index is 368. The van der Waals surface area contributed by atoms with Gasteiger partial charge in [0.25, 0.3) is 0 Å². The predicted molar refractivity (Wildman–Crippen MR) is 70.7 cm³/mol. The number of nitriles is 1. The highest BCUT2D eigenvalue weighted by atomic mass is 15.2. The third-order valence-electron chi connectivity index (χ3n) is 6.70. The summed E-state index contributed by atoms with van der Waals surface area (Å²) in [5.41, 5.74) is -0.0946. The van der Waals surface area contributed by atoms with Gasteiger partial charge in [0.05, 0.1) is 6.07 Å². The first-order valence-electron chi connectivity index (χ1n) is 7.85. The Morgan fingerprint density at radius 3 is 2.11 bits per heavy atom. The lowest BCUT2D eigenvalue weighted by Crippen LogP contribution is -2.58. The normalized spacial score (nSPS) is 54.8. The molecule has 1 heterocycles. The van der Waals surface area contributed by atoms with Crippen molar-refractivity contribution in [3.05, 3.63) is 0 Å². The van der Waals surface area contributed by atoms with Crippen LogP contribution in [-0.4, -0.2) is 24.0 Å². The van der Waals surface area contributed by atoms with E-state index in [-0.39, 0.29) is 5.54 Å². The number of hydrogen-bond acceptors (Lipinski definition) is 2. The maximum absolute atomic E-state index is 9.88. The third kappa shape index (κ3) is 1.32. The molecule has 0 N–H and O–H groups in total. The Balaban J connectivity index is 1.70. The fourth-order valence-corrected chi connectivity index (χ4v) is 6.32. The molecule has 98 valence electrons. The molecule has 5 fully saturated rings. The molecule has 5 rings (SSSR count). The maximum Gasteiger partial charge on any atom is 0.112 e. The first-order valence-corrected chi connectivity index (χ1v) is 7.85. The summed E-state index contributed by atoms with van der Waals surface area (Å²) in [6.07, 6.45) is 9.63. The molecule has 1 aliphatic heterocycles. The SMILES string of the molecule is CN1CCCC1(C#N)C1C2CC3CC(C2)CC1C3. The topological polar surface area (TPSA) is 27.0 Å². The molecule has 4 bridgehead atoms. The van der Waals surface area contributed by atoms with Gasteiger partial charge in [0.15, 0.2) is 0 Å². The van der Waals surface area contributed by atoms with Crippen LogP contribution in [0.15, 0.2) is 0 Å². The van der Waals surface area contributed by atoms with Gasteiger partial charge in [-0.1, -0.05) is 0 Å². The summed E-state index contributed by atoms with van der Waals surface area (Å²) in [5.74, 6) is 4.49. The molecule has 0 aromatic heterocycles. The maximum atomic E-state index is 9.88. The Hall–Kier alpha value is -0.550. The van der Waals surface area contributed by atoms with Crippen molar-refractivity contribution in [2.75, 3.05) is 13.6 Å². The zero-order chi connectivity index (χ0) is 12.3. The number of nitrogens with zero attached hydrogens (tertiary/aromatic N) is 2. The number of rotatable bonds is 1. The van der Waals surface area contributed by atoms with Crippen LogP contribution in [0.4, 0.5) is 0 Å². The first-order chi connectivity index (χ1) is 8.73. The molecule has 0 radical (unpaired) electrons. The van der Waals surface area contributed by atoms with Gasteiger partial charge >= 0.3 is 0 Å². The van der Waals surface area contributed by atoms with Gasteiger partial charge < -0.3 is 0 Å². The Morgan fingerprint density at radius 2 is 1.67 bits per heavy atom. The lowest BCUT2D eigenvalue weighted by molar-refractivity contribution is -0.0829. The van der Waals surface area contributed by atoms with Crippen molar-refractivity contribution in [3.63, 3.8) is 0 Å². The van der Waals surface area contributed by atoms with E-state index in [2.05, 4.69) is 18.0 Å². The lowest BCUT2D eigenvalue weighted by Gasteiger charge is -2.58. The number of likely N-dealkylation sites (tertiary alicyclic amines) is 1. The minimum absolute atomic E-state index is 0.0946. The van der Waals surface area contributed by atoms with Gasteiger partial charge in [-0.3, -0.25) is 4.90 Å². The minimum Gasteiger partial charge on any atom is -0.288 e. The van der Waals surface area contributed by atoms with E-state index in [9.17, 15) is 5.26 Å². The standard InChI is InChI=1S/C16H24N2/c1-18-4-2-3-16(18,10-17)15-13-6-11-5-12(8-13)9-14(15)7-11/h11-15H,2-9H2,1H3. The molecule has 18 heavy (non-hydrogen) atoms. The van der Waals surface area contributed by atoms with E-state index in [0.717, 1.165) is 36.6 Å². The van der Waals surface area contributed by atoms with E-state index in [1.807, 2.05) is 0 Å². The van der Waals surface area contributed by atoms with Crippen LogP contribution in [0, 0.1) is 40.9 Å². The van der Waals surface area contributed by atoms with Gasteiger partial charge in [0, 0.05) is 0 Å². The van der Waals surface area contributed by atoms with Gasteiger partial charge in [0.2, 0.25) is 0 Å². The van der Waals surface area contributed by atoms with Crippen LogP contribution in [0.25, 0.3) is 0 Å². The van der Waals surface area contributed by atoms with Crippen molar-refractivity contribution >= 4 is 0 Å². The van der Waals surface area contributed by atoms with E-state index in [4.69, 9.17) is 0 Å². The van der Waals surface area contributed by atoms with E-state index in [0.29, 0.717) is 5.92 Å². The summed E-state index contributed by atoms with van der Waals surface area (Å²) in [6.45, 7) is 1.14. The summed E-state index contributed by atoms with van der Waals surface area (Å²) in [7, 11) is 2.20. The van der Waals surface area contributed by atoms with Crippen LogP contribution in [0.2, 0.25) is 0 Å². The van der Waals surface area contributed by atoms with E-state index >= 15 is 0 Å². The van der Waals surface area contributed by atoms with Crippen molar-refractivity contribution in [1.29, 1.82) is 5.26 Å². The molecule has 1 unspecified atom stereocenters. The highest BCUT2D eigenvalue weighted by Gasteiger charge is 2.58. The summed E-state index contributed by atoms with van der Waals surface area (Å²) >= 11 is 0. The zero-order valence-corrected chi connectivity index (χ0v) is 11.4. The average molecular weight is 244 g/mol. The Morgan fingerprint density at radius 1 is 1.06 bits per heavy atom. The lowest BCUT2D eigenvalue weighted by atomic mass is 9.48. The summed E-state index contributed by atoms with van der Waals surface area (Å²) < 4.78 is 0. The molecule has 1 saturated heterocycles. The number of hydrogen-bond donors (Lipinski definition) is 0. The molecule has 4 aliphatic carbocycles. The molecule has 2 nitrogen and oxygen atoms in total. The molecular weight excluding hydrogens is 220 g/mol. The monoisotopic (exact) mass is 244 g/mol. The van der Waals surface area contributed by atoms with E-state index in [1.165, 1.54) is 38.5 Å². The molecule has 0 aromatic carbocycles. The van der Waals surface area contributed by atoms with Crippen LogP contribution in [-0.2, 0) is 0 Å². The largest absolute Gasteiger partial charge is 0.288 e. The Kier molecular flexibility index (Phi) is 2.34. The highest BCUT2D eigenvalue weighted by Crippen LogP contribution is 2.61. The van der Waals surface area contributed by atoms with E-state index in [1.54, 1.807) is 0 Å². The van der Waals surface area contributed by atoms with Crippen LogP contribution in [0.1, 0.15) is 44.9 Å². The van der Waals surface area contributed by atoms with Crippen molar-refractivity contribution in [3.8, 4) is 6.07 Å². The summed E-state index contributed by atoms with van der Waals surface area (Å²) in [5, 5.41) is 9.88. The van der Waals surface area contributed by atoms with Gasteiger partial charge in [0.1, 0.15) is 5.54 Å². The van der Waals surface area contributed by atoms with Crippen molar-refractivity contribution in [2.45, 2.75) is 50.5 Å². The third-order valence-corrected chi connectivity index (χ3v) is 6.70. The molecule has 4 saturated carbocycles. The Labute approximate surface area is 110 Å². The minimum atomic E-state index is -0.0946. The molecular formula is C16H24N2. The second kappa shape index (κ2) is 3.73. The molecule has 1 atom stereocenters. The fourth-order valence-electron chi connectivity index (χ4n) is 6.32. The van der Waals surface area contributed by atoms with Gasteiger partial charge in [-0.15, -0.1) is 0 Å². The van der Waals surface area contributed by atoms with Crippen molar-refractivity contribution in [2.24, 2.45) is 29.6 Å². The van der Waals surface area contributed by atoms with Crippen molar-refractivity contribution < 1.29 is 0 Å².